The lowest BCUT2D eigenvalue weighted by Gasteiger charge is -2.24. The molecule has 0 bridgehead atoms. The van der Waals surface area contributed by atoms with Gasteiger partial charge in [-0.05, 0) is 17.5 Å². The molecule has 0 saturated heterocycles. The SMILES string of the molecule is CC(C)c1cnn2c(NC3Cc4cncnc4CC3=O)nc(-c3cncc(F)c3)nc12. The molecule has 1 N–H and O–H groups in total. The third-order valence-electron chi connectivity index (χ3n) is 5.32. The topological polar surface area (TPSA) is 111 Å². The van der Waals surface area contributed by atoms with E-state index in [1.54, 1.807) is 16.9 Å². The molecule has 5 rings (SSSR count). The summed E-state index contributed by atoms with van der Waals surface area (Å²) in [6.45, 7) is 4.08. The number of carbonyl (C=O) groups excluding carboxylic acids is 1. The standard InChI is InChI=1S/C21H19FN8O/c1-11(2)15-9-26-30-20(15)28-19(13-3-14(22)8-23-7-13)29-21(30)27-17-4-12-6-24-10-25-16(12)5-18(17)31/h3,6-11,17H,4-5H2,1-2H3,(H,27,28,29). The molecule has 4 heterocycles. The Balaban J connectivity index is 1.60. The highest BCUT2D eigenvalue weighted by molar-refractivity contribution is 5.90. The number of aromatic nitrogens is 7. The Kier molecular flexibility index (Phi) is 4.61. The Morgan fingerprint density at radius 2 is 2.03 bits per heavy atom. The molecule has 0 aliphatic heterocycles. The Labute approximate surface area is 176 Å². The molecule has 156 valence electrons. The van der Waals surface area contributed by atoms with Gasteiger partial charge in [-0.1, -0.05) is 13.8 Å². The van der Waals surface area contributed by atoms with E-state index in [9.17, 15) is 9.18 Å². The second kappa shape index (κ2) is 7.46. The summed E-state index contributed by atoms with van der Waals surface area (Å²) in [5, 5.41) is 7.65. The fourth-order valence-electron chi connectivity index (χ4n) is 3.68. The normalized spacial score (nSPS) is 16.0. The van der Waals surface area contributed by atoms with Crippen molar-refractivity contribution in [3.63, 3.8) is 0 Å². The number of ketones is 1. The second-order valence-electron chi connectivity index (χ2n) is 7.79. The molecule has 4 aromatic heterocycles. The van der Waals surface area contributed by atoms with Gasteiger partial charge in [0, 0.05) is 29.9 Å². The summed E-state index contributed by atoms with van der Waals surface area (Å²) in [5.74, 6) is 0.348. The first-order chi connectivity index (χ1) is 15.0. The minimum absolute atomic E-state index is 0.00294. The van der Waals surface area contributed by atoms with E-state index in [1.165, 1.54) is 18.6 Å². The predicted octanol–water partition coefficient (Wildman–Crippen LogP) is 2.39. The largest absolute Gasteiger partial charge is 0.344 e. The number of anilines is 1. The summed E-state index contributed by atoms with van der Waals surface area (Å²) < 4.78 is 15.4. The molecule has 31 heavy (non-hydrogen) atoms. The van der Waals surface area contributed by atoms with Crippen molar-refractivity contribution in [1.29, 1.82) is 0 Å². The summed E-state index contributed by atoms with van der Waals surface area (Å²) >= 11 is 0. The zero-order valence-electron chi connectivity index (χ0n) is 16.9. The Morgan fingerprint density at radius 1 is 1.16 bits per heavy atom. The molecule has 1 aliphatic rings. The smallest absolute Gasteiger partial charge is 0.228 e. The summed E-state index contributed by atoms with van der Waals surface area (Å²) in [5.41, 5.74) is 3.63. The van der Waals surface area contributed by atoms with Gasteiger partial charge in [0.05, 0.1) is 30.6 Å². The van der Waals surface area contributed by atoms with E-state index in [0.29, 0.717) is 29.4 Å². The van der Waals surface area contributed by atoms with E-state index < -0.39 is 11.9 Å². The van der Waals surface area contributed by atoms with Gasteiger partial charge in [0.15, 0.2) is 17.3 Å². The van der Waals surface area contributed by atoms with Crippen LogP contribution >= 0.6 is 0 Å². The van der Waals surface area contributed by atoms with E-state index in [2.05, 4.69) is 35.3 Å². The summed E-state index contributed by atoms with van der Waals surface area (Å²) in [6.07, 6.45) is 8.21. The van der Waals surface area contributed by atoms with Crippen LogP contribution in [0.3, 0.4) is 0 Å². The van der Waals surface area contributed by atoms with Gasteiger partial charge >= 0.3 is 0 Å². The molecule has 1 unspecified atom stereocenters. The Bertz CT molecular complexity index is 1300. The van der Waals surface area contributed by atoms with Crippen molar-refractivity contribution in [1.82, 2.24) is 34.5 Å². The van der Waals surface area contributed by atoms with E-state index in [-0.39, 0.29) is 18.1 Å². The third-order valence-corrected chi connectivity index (χ3v) is 5.32. The highest BCUT2D eigenvalue weighted by atomic mass is 19.1. The number of nitrogens with one attached hydrogen (secondary N) is 1. The molecule has 0 fully saturated rings. The lowest BCUT2D eigenvalue weighted by atomic mass is 9.92. The number of nitrogens with zero attached hydrogens (tertiary/aromatic N) is 7. The fraction of sp³-hybridized carbons (Fsp3) is 0.286. The summed E-state index contributed by atoms with van der Waals surface area (Å²) in [4.78, 5) is 34.1. The molecule has 0 aromatic carbocycles. The van der Waals surface area contributed by atoms with Crippen LogP contribution in [0.4, 0.5) is 10.3 Å². The van der Waals surface area contributed by atoms with Crippen LogP contribution in [0.1, 0.15) is 36.6 Å². The van der Waals surface area contributed by atoms with Gasteiger partial charge in [-0.25, -0.2) is 19.3 Å². The predicted molar refractivity (Wildman–Crippen MR) is 110 cm³/mol. The average Bonchev–Trinajstić information content (AvgIpc) is 3.19. The van der Waals surface area contributed by atoms with Crippen molar-refractivity contribution in [2.24, 2.45) is 0 Å². The molecular weight excluding hydrogens is 399 g/mol. The van der Waals surface area contributed by atoms with E-state index in [1.807, 2.05) is 13.8 Å². The molecule has 9 nitrogen and oxygen atoms in total. The summed E-state index contributed by atoms with van der Waals surface area (Å²) in [7, 11) is 0. The average molecular weight is 418 g/mol. The third kappa shape index (κ3) is 3.49. The first kappa shape index (κ1) is 19.2. The van der Waals surface area contributed by atoms with Gasteiger partial charge in [-0.2, -0.15) is 14.6 Å². The van der Waals surface area contributed by atoms with Crippen LogP contribution in [0.15, 0.2) is 37.2 Å². The molecule has 0 spiro atoms. The van der Waals surface area contributed by atoms with Gasteiger partial charge in [0.2, 0.25) is 5.95 Å². The number of hydrogen-bond acceptors (Lipinski definition) is 8. The minimum atomic E-state index is -0.512. The number of Topliss-reactive ketones (excluding diaryl/α,β-unsaturated/α-hetero) is 1. The van der Waals surface area contributed by atoms with E-state index in [4.69, 9.17) is 0 Å². The van der Waals surface area contributed by atoms with Crippen molar-refractivity contribution < 1.29 is 9.18 Å². The molecule has 10 heteroatoms. The number of halogens is 1. The molecule has 4 aromatic rings. The molecule has 0 saturated carbocycles. The first-order valence-electron chi connectivity index (χ1n) is 9.93. The Morgan fingerprint density at radius 3 is 2.84 bits per heavy atom. The minimum Gasteiger partial charge on any atom is -0.344 e. The van der Waals surface area contributed by atoms with Crippen LogP contribution in [0.5, 0.6) is 0 Å². The number of rotatable bonds is 4. The number of hydrogen-bond donors (Lipinski definition) is 1. The number of carbonyl (C=O) groups is 1. The summed E-state index contributed by atoms with van der Waals surface area (Å²) in [6, 6.07) is 0.815. The van der Waals surface area contributed by atoms with Crippen LogP contribution < -0.4 is 5.32 Å². The maximum atomic E-state index is 13.8. The van der Waals surface area contributed by atoms with Crippen LogP contribution in [-0.2, 0) is 17.6 Å². The van der Waals surface area contributed by atoms with Crippen LogP contribution in [0.2, 0.25) is 0 Å². The second-order valence-corrected chi connectivity index (χ2v) is 7.79. The van der Waals surface area contributed by atoms with Gasteiger partial charge < -0.3 is 5.32 Å². The van der Waals surface area contributed by atoms with E-state index >= 15 is 0 Å². The number of fused-ring (bicyclic) bond motifs is 2. The van der Waals surface area contributed by atoms with Crippen molar-refractivity contribution in [2.75, 3.05) is 5.32 Å². The maximum Gasteiger partial charge on any atom is 0.228 e. The van der Waals surface area contributed by atoms with Gasteiger partial charge in [0.25, 0.3) is 0 Å². The zero-order chi connectivity index (χ0) is 21.5. The van der Waals surface area contributed by atoms with Crippen LogP contribution in [0, 0.1) is 5.82 Å². The zero-order valence-corrected chi connectivity index (χ0v) is 16.9. The van der Waals surface area contributed by atoms with Gasteiger partial charge in [-0.15, -0.1) is 0 Å². The molecule has 0 amide bonds. The van der Waals surface area contributed by atoms with Crippen molar-refractivity contribution in [3.8, 4) is 11.4 Å². The quantitative estimate of drug-likeness (QED) is 0.538. The fourth-order valence-corrected chi connectivity index (χ4v) is 3.68. The van der Waals surface area contributed by atoms with Gasteiger partial charge in [0.1, 0.15) is 12.1 Å². The van der Waals surface area contributed by atoms with Crippen molar-refractivity contribution in [3.05, 3.63) is 59.8 Å². The molecule has 1 atom stereocenters. The molecular formula is C21H19FN8O. The Hall–Kier alpha value is -3.82. The monoisotopic (exact) mass is 418 g/mol. The highest BCUT2D eigenvalue weighted by Gasteiger charge is 2.29. The highest BCUT2D eigenvalue weighted by Crippen LogP contribution is 2.26. The van der Waals surface area contributed by atoms with Gasteiger partial charge in [-0.3, -0.25) is 9.78 Å². The first-order valence-corrected chi connectivity index (χ1v) is 9.93. The lowest BCUT2D eigenvalue weighted by Crippen LogP contribution is -2.38. The molecule has 1 aliphatic carbocycles. The molecule has 0 radical (unpaired) electrons. The van der Waals surface area contributed by atoms with Crippen LogP contribution in [0.25, 0.3) is 17.0 Å². The number of pyridine rings is 1. The van der Waals surface area contributed by atoms with Crippen molar-refractivity contribution >= 4 is 17.4 Å². The van der Waals surface area contributed by atoms with E-state index in [0.717, 1.165) is 23.0 Å². The maximum absolute atomic E-state index is 13.8. The van der Waals surface area contributed by atoms with Crippen molar-refractivity contribution in [2.45, 2.75) is 38.6 Å². The van der Waals surface area contributed by atoms with Crippen LogP contribution in [-0.4, -0.2) is 46.4 Å². The lowest BCUT2D eigenvalue weighted by molar-refractivity contribution is -0.119.